The number of nitrogens with zero attached hydrogens (tertiary/aromatic N) is 1. The van der Waals surface area contributed by atoms with Crippen LogP contribution in [0.2, 0.25) is 0 Å². The van der Waals surface area contributed by atoms with Gasteiger partial charge in [-0.2, -0.15) is 0 Å². The van der Waals surface area contributed by atoms with Gasteiger partial charge < -0.3 is 15.8 Å². The highest BCUT2D eigenvalue weighted by Gasteiger charge is 2.16. The van der Waals surface area contributed by atoms with Crippen LogP contribution in [-0.2, 0) is 4.74 Å². The number of ether oxygens (including phenoxy) is 1. The van der Waals surface area contributed by atoms with E-state index in [4.69, 9.17) is 22.7 Å². The van der Waals surface area contributed by atoms with Gasteiger partial charge in [0.15, 0.2) is 0 Å². The molecule has 0 saturated carbocycles. The highest BCUT2D eigenvalue weighted by Crippen LogP contribution is 2.14. The molecule has 3 N–H and O–H groups in total. The topological polar surface area (TPSA) is 60.2 Å². The number of rotatable bonds is 3. The number of anilines is 1. The number of hydrogen-bond donors (Lipinski definition) is 2. The van der Waals surface area contributed by atoms with E-state index in [2.05, 4.69) is 10.3 Å². The number of aromatic nitrogens is 1. The summed E-state index contributed by atoms with van der Waals surface area (Å²) < 4.78 is 5.30. The second-order valence-electron chi connectivity index (χ2n) is 3.95. The van der Waals surface area contributed by atoms with Crippen molar-refractivity contribution in [1.82, 2.24) is 4.98 Å². The molecule has 86 valence electrons. The van der Waals surface area contributed by atoms with Crippen LogP contribution in [-0.4, -0.2) is 29.2 Å². The Morgan fingerprint density at radius 2 is 2.44 bits per heavy atom. The molecule has 0 radical (unpaired) electrons. The van der Waals surface area contributed by atoms with Crippen LogP contribution in [0.3, 0.4) is 0 Å². The van der Waals surface area contributed by atoms with Crippen LogP contribution in [0, 0.1) is 6.92 Å². The molecule has 0 spiro atoms. The van der Waals surface area contributed by atoms with E-state index in [1.165, 1.54) is 0 Å². The summed E-state index contributed by atoms with van der Waals surface area (Å²) in [4.78, 5) is 4.80. The van der Waals surface area contributed by atoms with Crippen molar-refractivity contribution in [2.24, 2.45) is 5.73 Å². The van der Waals surface area contributed by atoms with Crippen molar-refractivity contribution in [2.75, 3.05) is 18.5 Å². The number of nitrogens with two attached hydrogens (primary N) is 1. The van der Waals surface area contributed by atoms with E-state index in [1.807, 2.05) is 19.1 Å². The molecular weight excluding hydrogens is 222 g/mol. The van der Waals surface area contributed by atoms with Gasteiger partial charge in [-0.25, -0.2) is 4.98 Å². The molecule has 1 aliphatic rings. The summed E-state index contributed by atoms with van der Waals surface area (Å²) in [6, 6.07) is 4.11. The van der Waals surface area contributed by atoms with Crippen molar-refractivity contribution in [3.8, 4) is 0 Å². The van der Waals surface area contributed by atoms with Gasteiger partial charge in [0, 0.05) is 17.9 Å². The highest BCUT2D eigenvalue weighted by molar-refractivity contribution is 7.80. The Hall–Kier alpha value is -1.20. The average molecular weight is 237 g/mol. The standard InChI is InChI=1S/C11H15N3OS/c1-7-4-8(11(12)16)5-10(13-7)14-9-2-3-15-6-9/h4-5,9H,2-3,6H2,1H3,(H2,12,16)(H,13,14). The zero-order chi connectivity index (χ0) is 11.5. The number of pyridine rings is 1. The SMILES string of the molecule is Cc1cc(C(N)=S)cc(NC2CCOC2)n1. The minimum atomic E-state index is 0.341. The second kappa shape index (κ2) is 4.76. The fraction of sp³-hybridized carbons (Fsp3) is 0.455. The van der Waals surface area contributed by atoms with Crippen LogP contribution >= 0.6 is 12.2 Å². The minimum absolute atomic E-state index is 0.341. The minimum Gasteiger partial charge on any atom is -0.389 e. The number of aryl methyl sites for hydroxylation is 1. The molecule has 2 heterocycles. The van der Waals surface area contributed by atoms with Crippen molar-refractivity contribution < 1.29 is 4.74 Å². The Labute approximate surface area is 100 Å². The first-order valence-corrected chi connectivity index (χ1v) is 5.69. The van der Waals surface area contributed by atoms with Crippen molar-refractivity contribution in [3.05, 3.63) is 23.4 Å². The Kier molecular flexibility index (Phi) is 3.36. The van der Waals surface area contributed by atoms with Crippen molar-refractivity contribution >= 4 is 23.0 Å². The molecule has 0 aromatic carbocycles. The number of thiocarbonyl (C=S) groups is 1. The van der Waals surface area contributed by atoms with Gasteiger partial charge in [0.25, 0.3) is 0 Å². The Morgan fingerprint density at radius 1 is 1.62 bits per heavy atom. The van der Waals surface area contributed by atoms with Crippen LogP contribution in [0.25, 0.3) is 0 Å². The first-order chi connectivity index (χ1) is 7.65. The van der Waals surface area contributed by atoms with Crippen LogP contribution < -0.4 is 11.1 Å². The Morgan fingerprint density at radius 3 is 3.06 bits per heavy atom. The molecule has 0 bridgehead atoms. The second-order valence-corrected chi connectivity index (χ2v) is 4.39. The molecule has 1 saturated heterocycles. The summed E-state index contributed by atoms with van der Waals surface area (Å²) in [6.07, 6.45) is 1.01. The van der Waals surface area contributed by atoms with E-state index in [0.29, 0.717) is 11.0 Å². The van der Waals surface area contributed by atoms with Gasteiger partial charge in [0.05, 0.1) is 12.6 Å². The highest BCUT2D eigenvalue weighted by atomic mass is 32.1. The molecule has 4 nitrogen and oxygen atoms in total. The molecule has 1 aromatic rings. The van der Waals surface area contributed by atoms with E-state index in [9.17, 15) is 0 Å². The molecular formula is C11H15N3OS. The van der Waals surface area contributed by atoms with Crippen molar-refractivity contribution in [1.29, 1.82) is 0 Å². The van der Waals surface area contributed by atoms with Crippen molar-refractivity contribution in [3.63, 3.8) is 0 Å². The summed E-state index contributed by atoms with van der Waals surface area (Å²) in [7, 11) is 0. The summed E-state index contributed by atoms with van der Waals surface area (Å²) >= 11 is 4.96. The van der Waals surface area contributed by atoms with Gasteiger partial charge in [-0.1, -0.05) is 12.2 Å². The zero-order valence-corrected chi connectivity index (χ0v) is 10.0. The maximum absolute atomic E-state index is 5.61. The van der Waals surface area contributed by atoms with E-state index in [0.717, 1.165) is 36.7 Å². The molecule has 0 aliphatic carbocycles. The molecule has 2 rings (SSSR count). The molecule has 1 unspecified atom stereocenters. The molecule has 1 aliphatic heterocycles. The molecule has 16 heavy (non-hydrogen) atoms. The molecule has 5 heteroatoms. The van der Waals surface area contributed by atoms with E-state index >= 15 is 0 Å². The average Bonchev–Trinajstić information content (AvgIpc) is 2.69. The largest absolute Gasteiger partial charge is 0.389 e. The lowest BCUT2D eigenvalue weighted by Crippen LogP contribution is -2.20. The maximum atomic E-state index is 5.61. The number of nitrogens with one attached hydrogen (secondary N) is 1. The van der Waals surface area contributed by atoms with Gasteiger partial charge in [-0.05, 0) is 25.5 Å². The summed E-state index contributed by atoms with van der Waals surface area (Å²) in [5.41, 5.74) is 7.37. The third-order valence-corrected chi connectivity index (χ3v) is 2.76. The lowest BCUT2D eigenvalue weighted by atomic mass is 10.2. The first-order valence-electron chi connectivity index (χ1n) is 5.28. The van der Waals surface area contributed by atoms with E-state index in [1.54, 1.807) is 0 Å². The van der Waals surface area contributed by atoms with E-state index in [-0.39, 0.29) is 0 Å². The smallest absolute Gasteiger partial charge is 0.127 e. The van der Waals surface area contributed by atoms with Crippen molar-refractivity contribution in [2.45, 2.75) is 19.4 Å². The molecule has 1 atom stereocenters. The molecule has 1 aromatic heterocycles. The van der Waals surface area contributed by atoms with Gasteiger partial charge in [-0.15, -0.1) is 0 Å². The summed E-state index contributed by atoms with van der Waals surface area (Å²) in [5, 5.41) is 3.33. The van der Waals surface area contributed by atoms with E-state index < -0.39 is 0 Å². The fourth-order valence-corrected chi connectivity index (χ4v) is 1.86. The van der Waals surface area contributed by atoms with Crippen LogP contribution in [0.5, 0.6) is 0 Å². The van der Waals surface area contributed by atoms with Crippen LogP contribution in [0.4, 0.5) is 5.82 Å². The first kappa shape index (κ1) is 11.3. The Bertz CT molecular complexity index is 402. The summed E-state index contributed by atoms with van der Waals surface area (Å²) in [6.45, 7) is 3.47. The van der Waals surface area contributed by atoms with Gasteiger partial charge >= 0.3 is 0 Å². The lowest BCUT2D eigenvalue weighted by Gasteiger charge is -2.12. The normalized spacial score (nSPS) is 19.7. The predicted octanol–water partition coefficient (Wildman–Crippen LogP) is 1.23. The Balaban J connectivity index is 2.16. The lowest BCUT2D eigenvalue weighted by molar-refractivity contribution is 0.195. The van der Waals surface area contributed by atoms with Crippen LogP contribution in [0.1, 0.15) is 17.7 Å². The van der Waals surface area contributed by atoms with Gasteiger partial charge in [0.2, 0.25) is 0 Å². The van der Waals surface area contributed by atoms with Gasteiger partial charge in [-0.3, -0.25) is 0 Å². The quantitative estimate of drug-likeness (QED) is 0.774. The van der Waals surface area contributed by atoms with Gasteiger partial charge in [0.1, 0.15) is 10.8 Å². The third kappa shape index (κ3) is 2.68. The molecule has 0 amide bonds. The monoisotopic (exact) mass is 237 g/mol. The fourth-order valence-electron chi connectivity index (χ4n) is 1.74. The summed E-state index contributed by atoms with van der Waals surface area (Å²) in [5.74, 6) is 0.818. The maximum Gasteiger partial charge on any atom is 0.127 e. The number of hydrogen-bond acceptors (Lipinski definition) is 4. The molecule has 1 fully saturated rings. The van der Waals surface area contributed by atoms with Crippen LogP contribution in [0.15, 0.2) is 12.1 Å². The zero-order valence-electron chi connectivity index (χ0n) is 9.19. The predicted molar refractivity (Wildman–Crippen MR) is 67.7 cm³/mol. The third-order valence-electron chi connectivity index (χ3n) is 2.52.